The van der Waals surface area contributed by atoms with Crippen molar-refractivity contribution >= 4 is 45.3 Å². The van der Waals surface area contributed by atoms with Crippen molar-refractivity contribution in [1.82, 2.24) is 24.5 Å². The monoisotopic (exact) mass is 526 g/mol. The Morgan fingerprint density at radius 1 is 1.03 bits per heavy atom. The third-order valence-electron chi connectivity index (χ3n) is 5.83. The molecule has 0 radical (unpaired) electrons. The maximum absolute atomic E-state index is 13.8. The van der Waals surface area contributed by atoms with E-state index < -0.39 is 17.2 Å². The molecule has 0 saturated heterocycles. The number of hydrogen-bond donors (Lipinski definition) is 2. The summed E-state index contributed by atoms with van der Waals surface area (Å²) in [6.45, 7) is 0. The number of benzene rings is 2. The van der Waals surface area contributed by atoms with Crippen LogP contribution in [0.3, 0.4) is 0 Å². The number of nitrogens with one attached hydrogen (secondary N) is 2. The van der Waals surface area contributed by atoms with E-state index in [9.17, 15) is 14.0 Å². The van der Waals surface area contributed by atoms with Gasteiger partial charge in [0.1, 0.15) is 34.8 Å². The van der Waals surface area contributed by atoms with Gasteiger partial charge < -0.3 is 19.6 Å². The zero-order valence-corrected chi connectivity index (χ0v) is 20.1. The Morgan fingerprint density at radius 3 is 2.68 bits per heavy atom. The van der Waals surface area contributed by atoms with Gasteiger partial charge in [0.05, 0.1) is 15.8 Å². The van der Waals surface area contributed by atoms with Crippen LogP contribution in [0, 0.1) is 5.82 Å². The minimum Gasteiger partial charge on any atom is -0.438 e. The number of H-pyrrole nitrogens is 1. The standard InChI is InChI=1S/C27H16ClFN6O3/c28-21-12-16(5-8-22(21)29)35-13-20(23(36)18-2-1-10-31-25(18)35)26(37)34-15-3-6-17(7-4-15)38-27-19-9-11-30-24(19)32-14-33-27/h1-14H,(H,34,37)(H,30,32,33). The minimum absolute atomic E-state index is 0.0993. The predicted octanol–water partition coefficient (Wildman–Crippen LogP) is 5.49. The van der Waals surface area contributed by atoms with Gasteiger partial charge in [0, 0.05) is 30.0 Å². The summed E-state index contributed by atoms with van der Waals surface area (Å²) in [7, 11) is 0. The van der Waals surface area contributed by atoms with Gasteiger partial charge in [-0.05, 0) is 60.7 Å². The molecule has 2 N–H and O–H groups in total. The lowest BCUT2D eigenvalue weighted by molar-refractivity contribution is 0.102. The molecule has 0 saturated carbocycles. The van der Waals surface area contributed by atoms with Gasteiger partial charge in [0.15, 0.2) is 0 Å². The fraction of sp³-hybridized carbons (Fsp3) is 0. The van der Waals surface area contributed by atoms with Gasteiger partial charge in [-0.1, -0.05) is 11.6 Å². The first kappa shape index (κ1) is 23.3. The van der Waals surface area contributed by atoms with Crippen LogP contribution in [0.5, 0.6) is 11.6 Å². The van der Waals surface area contributed by atoms with Crippen molar-refractivity contribution in [2.75, 3.05) is 5.32 Å². The number of ether oxygens (including phenoxy) is 1. The molecule has 0 aliphatic heterocycles. The fourth-order valence-corrected chi connectivity index (χ4v) is 4.17. The Balaban J connectivity index is 1.30. The lowest BCUT2D eigenvalue weighted by Crippen LogP contribution is -2.24. The molecule has 4 heterocycles. The predicted molar refractivity (Wildman–Crippen MR) is 141 cm³/mol. The highest BCUT2D eigenvalue weighted by molar-refractivity contribution is 6.30. The second-order valence-electron chi connectivity index (χ2n) is 8.21. The number of rotatable bonds is 5. The summed E-state index contributed by atoms with van der Waals surface area (Å²) in [5.41, 5.74) is 1.23. The SMILES string of the molecule is O=C(Nc1ccc(Oc2ncnc3[nH]ccc23)cc1)c1cn(-c2ccc(F)c(Cl)c2)c2ncccc2c1=O. The second-order valence-corrected chi connectivity index (χ2v) is 8.62. The van der Waals surface area contributed by atoms with Crippen LogP contribution in [-0.4, -0.2) is 30.4 Å². The number of fused-ring (bicyclic) bond motifs is 2. The Labute approximate surface area is 218 Å². The average molecular weight is 527 g/mol. The highest BCUT2D eigenvalue weighted by atomic mass is 35.5. The van der Waals surface area contributed by atoms with E-state index in [2.05, 4.69) is 25.3 Å². The van der Waals surface area contributed by atoms with Gasteiger partial charge in [-0.3, -0.25) is 9.59 Å². The van der Waals surface area contributed by atoms with Gasteiger partial charge >= 0.3 is 0 Å². The van der Waals surface area contributed by atoms with Crippen LogP contribution in [0.15, 0.2) is 90.4 Å². The number of carbonyl (C=O) groups excluding carboxylic acids is 1. The molecule has 0 aliphatic rings. The van der Waals surface area contributed by atoms with Gasteiger partial charge in [-0.25, -0.2) is 19.3 Å². The molecule has 4 aromatic heterocycles. The molecule has 0 aliphatic carbocycles. The van der Waals surface area contributed by atoms with Crippen molar-refractivity contribution in [2.45, 2.75) is 0 Å². The van der Waals surface area contributed by atoms with E-state index in [4.69, 9.17) is 16.3 Å². The van der Waals surface area contributed by atoms with Gasteiger partial charge in [0.25, 0.3) is 5.91 Å². The molecule has 0 bridgehead atoms. The first-order valence-corrected chi connectivity index (χ1v) is 11.7. The summed E-state index contributed by atoms with van der Waals surface area (Å²) in [6, 6.07) is 15.7. The molecule has 6 rings (SSSR count). The number of hydrogen-bond acceptors (Lipinski definition) is 6. The summed E-state index contributed by atoms with van der Waals surface area (Å²) >= 11 is 5.97. The van der Waals surface area contributed by atoms with Gasteiger partial charge in [-0.15, -0.1) is 0 Å². The summed E-state index contributed by atoms with van der Waals surface area (Å²) in [4.78, 5) is 41.9. The number of amides is 1. The Morgan fingerprint density at radius 2 is 1.87 bits per heavy atom. The van der Waals surface area contributed by atoms with Crippen LogP contribution in [0.25, 0.3) is 27.8 Å². The largest absolute Gasteiger partial charge is 0.438 e. The van der Waals surface area contributed by atoms with Crippen molar-refractivity contribution in [3.05, 3.63) is 112 Å². The number of aromatic amines is 1. The number of nitrogens with zero attached hydrogens (tertiary/aromatic N) is 4. The molecule has 0 atom stereocenters. The normalized spacial score (nSPS) is 11.1. The van der Waals surface area contributed by atoms with Crippen LogP contribution >= 0.6 is 11.6 Å². The first-order chi connectivity index (χ1) is 18.5. The van der Waals surface area contributed by atoms with Crippen LogP contribution < -0.4 is 15.5 Å². The minimum atomic E-state index is -0.624. The lowest BCUT2D eigenvalue weighted by atomic mass is 10.1. The Hall–Kier alpha value is -5.09. The van der Waals surface area contributed by atoms with Crippen molar-refractivity contribution in [2.24, 2.45) is 0 Å². The number of halogens is 2. The number of pyridine rings is 2. The molecular weight excluding hydrogens is 511 g/mol. The molecule has 0 fully saturated rings. The number of anilines is 1. The highest BCUT2D eigenvalue weighted by Gasteiger charge is 2.18. The maximum atomic E-state index is 13.8. The van der Waals surface area contributed by atoms with Crippen LogP contribution in [0.1, 0.15) is 10.4 Å². The molecule has 9 nitrogen and oxygen atoms in total. The van der Waals surface area contributed by atoms with Crippen molar-refractivity contribution in [1.29, 1.82) is 0 Å². The van der Waals surface area contributed by atoms with Crippen molar-refractivity contribution in [3.63, 3.8) is 0 Å². The lowest BCUT2D eigenvalue weighted by Gasteiger charge is -2.13. The van der Waals surface area contributed by atoms with Crippen LogP contribution in [-0.2, 0) is 0 Å². The van der Waals surface area contributed by atoms with Crippen LogP contribution in [0.2, 0.25) is 5.02 Å². The van der Waals surface area contributed by atoms with E-state index in [-0.39, 0.29) is 16.0 Å². The third-order valence-corrected chi connectivity index (χ3v) is 6.12. The summed E-state index contributed by atoms with van der Waals surface area (Å²) < 4.78 is 21.1. The second kappa shape index (κ2) is 9.41. The third kappa shape index (κ3) is 4.22. The smallest absolute Gasteiger partial charge is 0.261 e. The average Bonchev–Trinajstić information content (AvgIpc) is 3.42. The number of carbonyl (C=O) groups is 1. The molecule has 0 unspecified atom stereocenters. The summed E-state index contributed by atoms with van der Waals surface area (Å²) in [5, 5.41) is 3.59. The summed E-state index contributed by atoms with van der Waals surface area (Å²) in [5.74, 6) is -0.326. The molecule has 1 amide bonds. The summed E-state index contributed by atoms with van der Waals surface area (Å²) in [6.07, 6.45) is 6.03. The van der Waals surface area contributed by atoms with Gasteiger partial charge in [-0.2, -0.15) is 0 Å². The molecule has 0 spiro atoms. The van der Waals surface area contributed by atoms with E-state index in [1.54, 1.807) is 42.6 Å². The quantitative estimate of drug-likeness (QED) is 0.307. The highest BCUT2D eigenvalue weighted by Crippen LogP contribution is 2.27. The molecule has 38 heavy (non-hydrogen) atoms. The molecule has 6 aromatic rings. The topological polar surface area (TPSA) is 115 Å². The molecule has 11 heteroatoms. The molecule has 2 aromatic carbocycles. The zero-order valence-electron chi connectivity index (χ0n) is 19.4. The van der Waals surface area contributed by atoms with E-state index >= 15 is 0 Å². The molecule has 186 valence electrons. The van der Waals surface area contributed by atoms with E-state index in [0.717, 1.165) is 5.39 Å². The van der Waals surface area contributed by atoms with Gasteiger partial charge in [0.2, 0.25) is 11.3 Å². The Bertz CT molecular complexity index is 1900. The number of aromatic nitrogens is 5. The van der Waals surface area contributed by atoms with E-state index in [0.29, 0.717) is 34.3 Å². The fourth-order valence-electron chi connectivity index (χ4n) is 4.00. The van der Waals surface area contributed by atoms with E-state index in [1.807, 2.05) is 6.07 Å². The van der Waals surface area contributed by atoms with Crippen LogP contribution in [0.4, 0.5) is 10.1 Å². The molecular formula is C27H16ClFN6O3. The maximum Gasteiger partial charge on any atom is 0.261 e. The van der Waals surface area contributed by atoms with Crippen molar-refractivity contribution in [3.8, 4) is 17.3 Å². The van der Waals surface area contributed by atoms with E-state index in [1.165, 1.54) is 41.5 Å². The first-order valence-electron chi connectivity index (χ1n) is 11.3. The van der Waals surface area contributed by atoms with Crippen molar-refractivity contribution < 1.29 is 13.9 Å². The Kier molecular flexibility index (Phi) is 5.78. The zero-order chi connectivity index (χ0) is 26.2.